The molecule has 6 aromatic rings. The molecule has 0 atom stereocenters. The van der Waals surface area contributed by atoms with Crippen molar-refractivity contribution < 1.29 is 8.83 Å². The molecule has 0 saturated heterocycles. The third kappa shape index (κ3) is 2.06. The van der Waals surface area contributed by atoms with Crippen molar-refractivity contribution in [3.63, 3.8) is 0 Å². The van der Waals surface area contributed by atoms with Crippen LogP contribution < -0.4 is 0 Å². The Morgan fingerprint density at radius 3 is 2.00 bits per heavy atom. The van der Waals surface area contributed by atoms with E-state index >= 15 is 0 Å². The highest BCUT2D eigenvalue weighted by molar-refractivity contribution is 9.10. The van der Waals surface area contributed by atoms with Crippen molar-refractivity contribution in [3.05, 3.63) is 83.3 Å². The molecule has 6 rings (SSSR count). The van der Waals surface area contributed by atoms with Gasteiger partial charge in [0, 0.05) is 37.1 Å². The van der Waals surface area contributed by atoms with E-state index in [4.69, 9.17) is 8.83 Å². The Labute approximate surface area is 163 Å². The average molecular weight is 413 g/mol. The van der Waals surface area contributed by atoms with Gasteiger partial charge in [0.1, 0.15) is 22.3 Å². The Morgan fingerprint density at radius 2 is 1.15 bits per heavy atom. The SMILES string of the molecule is Brc1ccc(-c2cccc3c2oc2ccccc23)c2oc3ccccc3c12. The normalized spacial score (nSPS) is 11.9. The minimum atomic E-state index is 0.874. The molecule has 128 valence electrons. The maximum Gasteiger partial charge on any atom is 0.144 e. The summed E-state index contributed by atoms with van der Waals surface area (Å²) in [6.45, 7) is 0. The van der Waals surface area contributed by atoms with E-state index in [1.165, 1.54) is 0 Å². The van der Waals surface area contributed by atoms with E-state index in [2.05, 4.69) is 58.4 Å². The number of hydrogen-bond donors (Lipinski definition) is 0. The minimum absolute atomic E-state index is 0.874. The van der Waals surface area contributed by atoms with Gasteiger partial charge in [0.2, 0.25) is 0 Å². The van der Waals surface area contributed by atoms with Crippen LogP contribution in [0.4, 0.5) is 0 Å². The molecule has 0 unspecified atom stereocenters. The molecular formula is C24H13BrO2. The van der Waals surface area contributed by atoms with E-state index in [1.54, 1.807) is 0 Å². The van der Waals surface area contributed by atoms with Crippen LogP contribution in [-0.2, 0) is 0 Å². The van der Waals surface area contributed by atoms with Crippen LogP contribution in [0.5, 0.6) is 0 Å². The van der Waals surface area contributed by atoms with E-state index in [0.29, 0.717) is 0 Å². The van der Waals surface area contributed by atoms with Gasteiger partial charge in [0.25, 0.3) is 0 Å². The summed E-state index contributed by atoms with van der Waals surface area (Å²) >= 11 is 3.70. The molecule has 0 N–H and O–H groups in total. The first-order chi connectivity index (χ1) is 13.3. The van der Waals surface area contributed by atoms with Crippen molar-refractivity contribution in [2.75, 3.05) is 0 Å². The van der Waals surface area contributed by atoms with Crippen molar-refractivity contribution in [2.24, 2.45) is 0 Å². The van der Waals surface area contributed by atoms with Crippen LogP contribution in [-0.4, -0.2) is 0 Å². The minimum Gasteiger partial charge on any atom is -0.455 e. The maximum absolute atomic E-state index is 6.27. The van der Waals surface area contributed by atoms with Crippen LogP contribution in [0.3, 0.4) is 0 Å². The molecule has 4 aromatic carbocycles. The predicted molar refractivity (Wildman–Crippen MR) is 114 cm³/mol. The number of furan rings is 2. The largest absolute Gasteiger partial charge is 0.455 e. The number of benzene rings is 4. The first-order valence-corrected chi connectivity index (χ1v) is 9.61. The van der Waals surface area contributed by atoms with Crippen molar-refractivity contribution in [3.8, 4) is 11.1 Å². The fraction of sp³-hybridized carbons (Fsp3) is 0. The Hall–Kier alpha value is -3.04. The molecule has 0 amide bonds. The van der Waals surface area contributed by atoms with Gasteiger partial charge in [0.15, 0.2) is 0 Å². The van der Waals surface area contributed by atoms with Gasteiger partial charge in [0.05, 0.1) is 0 Å². The first kappa shape index (κ1) is 15.1. The Balaban J connectivity index is 1.77. The molecule has 0 spiro atoms. The Bertz CT molecular complexity index is 1490. The predicted octanol–water partition coefficient (Wildman–Crippen LogP) is 7.91. The summed E-state index contributed by atoms with van der Waals surface area (Å²) in [5, 5.41) is 4.46. The van der Waals surface area contributed by atoms with Crippen LogP contribution >= 0.6 is 15.9 Å². The highest BCUT2D eigenvalue weighted by Gasteiger charge is 2.18. The zero-order valence-corrected chi connectivity index (χ0v) is 15.8. The number of para-hydroxylation sites is 3. The van der Waals surface area contributed by atoms with Crippen LogP contribution in [0, 0.1) is 0 Å². The second-order valence-corrected chi connectivity index (χ2v) is 7.53. The van der Waals surface area contributed by atoms with Gasteiger partial charge in [-0.3, -0.25) is 0 Å². The van der Waals surface area contributed by atoms with Gasteiger partial charge in [-0.2, -0.15) is 0 Å². The molecule has 2 nitrogen and oxygen atoms in total. The monoisotopic (exact) mass is 412 g/mol. The highest BCUT2D eigenvalue weighted by Crippen LogP contribution is 2.43. The lowest BCUT2D eigenvalue weighted by Gasteiger charge is -2.05. The number of fused-ring (bicyclic) bond motifs is 6. The van der Waals surface area contributed by atoms with Crippen LogP contribution in [0.15, 0.2) is 92.2 Å². The molecule has 0 aliphatic heterocycles. The van der Waals surface area contributed by atoms with Crippen LogP contribution in [0.25, 0.3) is 55.0 Å². The van der Waals surface area contributed by atoms with E-state index in [-0.39, 0.29) is 0 Å². The zero-order chi connectivity index (χ0) is 18.0. The molecule has 2 aromatic heterocycles. The van der Waals surface area contributed by atoms with E-state index < -0.39 is 0 Å². The summed E-state index contributed by atoms with van der Waals surface area (Å²) in [7, 11) is 0. The molecule has 0 aliphatic carbocycles. The molecule has 2 heterocycles. The van der Waals surface area contributed by atoms with Crippen molar-refractivity contribution in [1.82, 2.24) is 0 Å². The molecule has 0 fully saturated rings. The van der Waals surface area contributed by atoms with Crippen molar-refractivity contribution in [1.29, 1.82) is 0 Å². The second kappa shape index (κ2) is 5.48. The highest BCUT2D eigenvalue weighted by atomic mass is 79.9. The van der Waals surface area contributed by atoms with Crippen molar-refractivity contribution in [2.45, 2.75) is 0 Å². The molecular weight excluding hydrogens is 400 g/mol. The van der Waals surface area contributed by atoms with Crippen molar-refractivity contribution >= 4 is 59.8 Å². The quantitative estimate of drug-likeness (QED) is 0.274. The van der Waals surface area contributed by atoms with E-state index in [9.17, 15) is 0 Å². The molecule has 0 saturated carbocycles. The maximum atomic E-state index is 6.27. The number of halogens is 1. The molecule has 0 bridgehead atoms. The Kier molecular flexibility index (Phi) is 3.06. The van der Waals surface area contributed by atoms with E-state index in [0.717, 1.165) is 59.5 Å². The standard InChI is InChI=1S/C24H13BrO2/c25-19-13-12-17(24-22(19)18-7-2-4-11-21(18)27-24)16-9-5-8-15-14-6-1-3-10-20(14)26-23(15)16/h1-13H. The van der Waals surface area contributed by atoms with Gasteiger partial charge in [-0.1, -0.05) is 70.5 Å². The summed E-state index contributed by atoms with van der Waals surface area (Å²) in [6, 6.07) is 26.8. The van der Waals surface area contributed by atoms with Gasteiger partial charge in [-0.05, 0) is 24.3 Å². The fourth-order valence-corrected chi connectivity index (χ4v) is 4.48. The third-order valence-corrected chi connectivity index (χ3v) is 5.83. The van der Waals surface area contributed by atoms with Gasteiger partial charge >= 0.3 is 0 Å². The molecule has 27 heavy (non-hydrogen) atoms. The summed E-state index contributed by atoms with van der Waals surface area (Å²) < 4.78 is 13.5. The summed E-state index contributed by atoms with van der Waals surface area (Å²) in [5.74, 6) is 0. The van der Waals surface area contributed by atoms with Crippen LogP contribution in [0.2, 0.25) is 0 Å². The Morgan fingerprint density at radius 1 is 0.519 bits per heavy atom. The fourth-order valence-electron chi connectivity index (χ4n) is 3.96. The lowest BCUT2D eigenvalue weighted by atomic mass is 10.00. The number of rotatable bonds is 1. The smallest absolute Gasteiger partial charge is 0.144 e. The summed E-state index contributed by atoms with van der Waals surface area (Å²) in [5.41, 5.74) is 5.63. The molecule has 0 radical (unpaired) electrons. The first-order valence-electron chi connectivity index (χ1n) is 8.81. The lowest BCUT2D eigenvalue weighted by molar-refractivity contribution is 0.665. The topological polar surface area (TPSA) is 26.3 Å². The average Bonchev–Trinajstić information content (AvgIpc) is 3.27. The van der Waals surface area contributed by atoms with Gasteiger partial charge in [-0.15, -0.1) is 0 Å². The number of hydrogen-bond acceptors (Lipinski definition) is 2. The second-order valence-electron chi connectivity index (χ2n) is 6.68. The third-order valence-electron chi connectivity index (χ3n) is 5.17. The zero-order valence-electron chi connectivity index (χ0n) is 14.2. The lowest BCUT2D eigenvalue weighted by Crippen LogP contribution is -1.81. The van der Waals surface area contributed by atoms with Crippen LogP contribution in [0.1, 0.15) is 0 Å². The van der Waals surface area contributed by atoms with Gasteiger partial charge < -0.3 is 8.83 Å². The van der Waals surface area contributed by atoms with E-state index in [1.807, 2.05) is 36.4 Å². The van der Waals surface area contributed by atoms with Gasteiger partial charge in [-0.25, -0.2) is 0 Å². The summed E-state index contributed by atoms with van der Waals surface area (Å²) in [4.78, 5) is 0. The molecule has 0 aliphatic rings. The summed E-state index contributed by atoms with van der Waals surface area (Å²) in [6.07, 6.45) is 0. The molecule has 3 heteroatoms.